The highest BCUT2D eigenvalue weighted by Gasteiger charge is 2.32. The van der Waals surface area contributed by atoms with Gasteiger partial charge in [-0.15, -0.1) is 35.3 Å². The molecule has 2 aliphatic heterocycles. The van der Waals surface area contributed by atoms with E-state index in [4.69, 9.17) is 9.73 Å². The first kappa shape index (κ1) is 20.9. The van der Waals surface area contributed by atoms with Crippen molar-refractivity contribution in [2.24, 2.45) is 4.99 Å². The number of nitrogens with one attached hydrogen (secondary N) is 2. The summed E-state index contributed by atoms with van der Waals surface area (Å²) in [4.78, 5) is 8.73. The van der Waals surface area contributed by atoms with Crippen LogP contribution in [0.1, 0.15) is 37.5 Å². The van der Waals surface area contributed by atoms with Gasteiger partial charge in [0.05, 0.1) is 19.3 Å². The van der Waals surface area contributed by atoms with Gasteiger partial charge in [-0.2, -0.15) is 0 Å². The standard InChI is InChI=1S/C18H30N4OS.HI/c1-3-19-18(20-10-14(2)17-7-5-9-24-17)21-11-16-12-22-8-4-6-15(22)13-23-16;/h5,7,9,14-16H,3-4,6,8,10-13H2,1-2H3,(H2,19,20,21);1H. The number of rotatable bonds is 6. The summed E-state index contributed by atoms with van der Waals surface area (Å²) in [5.74, 6) is 1.35. The first-order valence-electron chi connectivity index (χ1n) is 9.17. The summed E-state index contributed by atoms with van der Waals surface area (Å²) in [7, 11) is 0. The zero-order valence-corrected chi connectivity index (χ0v) is 18.4. The molecule has 2 N–H and O–H groups in total. The van der Waals surface area contributed by atoms with Crippen molar-refractivity contribution in [1.82, 2.24) is 15.5 Å². The maximum Gasteiger partial charge on any atom is 0.191 e. The smallest absolute Gasteiger partial charge is 0.191 e. The average molecular weight is 478 g/mol. The first-order chi connectivity index (χ1) is 11.8. The summed E-state index contributed by atoms with van der Waals surface area (Å²) < 4.78 is 6.02. The zero-order valence-electron chi connectivity index (χ0n) is 15.2. The SMILES string of the molecule is CCNC(=NCC(C)c1cccs1)NCC1CN2CCCC2CO1.I. The quantitative estimate of drug-likeness (QED) is 0.375. The van der Waals surface area contributed by atoms with Crippen molar-refractivity contribution < 1.29 is 4.74 Å². The molecule has 0 radical (unpaired) electrons. The van der Waals surface area contributed by atoms with Crippen LogP contribution in [0.3, 0.4) is 0 Å². The van der Waals surface area contributed by atoms with Gasteiger partial charge in [-0.05, 0) is 37.8 Å². The van der Waals surface area contributed by atoms with Gasteiger partial charge in [0.15, 0.2) is 5.96 Å². The summed E-state index contributed by atoms with van der Waals surface area (Å²) >= 11 is 1.81. The second kappa shape index (κ2) is 10.7. The van der Waals surface area contributed by atoms with Gasteiger partial charge in [-0.25, -0.2) is 0 Å². The van der Waals surface area contributed by atoms with E-state index in [0.717, 1.165) is 38.7 Å². The maximum absolute atomic E-state index is 6.02. The molecule has 5 nitrogen and oxygen atoms in total. The van der Waals surface area contributed by atoms with Gasteiger partial charge < -0.3 is 15.4 Å². The van der Waals surface area contributed by atoms with Gasteiger partial charge in [0.2, 0.25) is 0 Å². The van der Waals surface area contributed by atoms with Crippen LogP contribution in [-0.4, -0.2) is 62.3 Å². The van der Waals surface area contributed by atoms with Gasteiger partial charge in [-0.3, -0.25) is 9.89 Å². The molecule has 2 saturated heterocycles. The predicted octanol–water partition coefficient (Wildman–Crippen LogP) is 2.89. The third-order valence-electron chi connectivity index (χ3n) is 4.86. The highest BCUT2D eigenvalue weighted by atomic mass is 127. The van der Waals surface area contributed by atoms with Crippen LogP contribution in [0.25, 0.3) is 0 Å². The Morgan fingerprint density at radius 1 is 1.48 bits per heavy atom. The normalized spacial score (nSPS) is 25.1. The number of hydrogen-bond donors (Lipinski definition) is 2. The molecule has 0 aromatic carbocycles. The largest absolute Gasteiger partial charge is 0.373 e. The second-order valence-electron chi connectivity index (χ2n) is 6.76. The molecular formula is C18H31IN4OS. The van der Waals surface area contributed by atoms with E-state index in [-0.39, 0.29) is 30.1 Å². The molecule has 142 valence electrons. The topological polar surface area (TPSA) is 48.9 Å². The van der Waals surface area contributed by atoms with Crippen LogP contribution in [0.2, 0.25) is 0 Å². The molecule has 0 saturated carbocycles. The van der Waals surface area contributed by atoms with Crippen LogP contribution in [0, 0.1) is 0 Å². The fourth-order valence-corrected chi connectivity index (χ4v) is 4.23. The Bertz CT molecular complexity index is 525. The number of ether oxygens (including phenoxy) is 1. The molecule has 3 rings (SSSR count). The van der Waals surface area contributed by atoms with Gasteiger partial charge in [0.1, 0.15) is 0 Å². The zero-order chi connectivity index (χ0) is 16.8. The molecule has 1 aromatic rings. The molecule has 0 bridgehead atoms. The first-order valence-corrected chi connectivity index (χ1v) is 10.1. The third kappa shape index (κ3) is 6.08. The monoisotopic (exact) mass is 478 g/mol. The molecule has 2 aliphatic rings. The van der Waals surface area contributed by atoms with E-state index in [1.54, 1.807) is 11.3 Å². The van der Waals surface area contributed by atoms with Gasteiger partial charge in [0.25, 0.3) is 0 Å². The average Bonchev–Trinajstić information content (AvgIpc) is 3.27. The number of halogens is 1. The number of hydrogen-bond acceptors (Lipinski definition) is 4. The van der Waals surface area contributed by atoms with Crippen LogP contribution < -0.4 is 10.6 Å². The molecular weight excluding hydrogens is 447 g/mol. The van der Waals surface area contributed by atoms with Crippen LogP contribution >= 0.6 is 35.3 Å². The molecule has 25 heavy (non-hydrogen) atoms. The van der Waals surface area contributed by atoms with Crippen LogP contribution in [0.15, 0.2) is 22.5 Å². The van der Waals surface area contributed by atoms with Crippen molar-refractivity contribution in [3.05, 3.63) is 22.4 Å². The summed E-state index contributed by atoms with van der Waals surface area (Å²) in [5, 5.41) is 8.93. The summed E-state index contributed by atoms with van der Waals surface area (Å²) in [6.45, 7) is 9.99. The van der Waals surface area contributed by atoms with E-state index in [9.17, 15) is 0 Å². The maximum atomic E-state index is 6.02. The highest BCUT2D eigenvalue weighted by molar-refractivity contribution is 14.0. The lowest BCUT2D eigenvalue weighted by Crippen LogP contribution is -2.51. The summed E-state index contributed by atoms with van der Waals surface area (Å²) in [6.07, 6.45) is 2.88. The van der Waals surface area contributed by atoms with Crippen LogP contribution in [-0.2, 0) is 4.74 Å². The van der Waals surface area contributed by atoms with E-state index >= 15 is 0 Å². The lowest BCUT2D eigenvalue weighted by atomic mass is 10.1. The Balaban J connectivity index is 0.00000225. The minimum Gasteiger partial charge on any atom is -0.373 e. The number of fused-ring (bicyclic) bond motifs is 1. The second-order valence-corrected chi connectivity index (χ2v) is 7.74. The molecule has 0 amide bonds. The van der Waals surface area contributed by atoms with Crippen LogP contribution in [0.5, 0.6) is 0 Å². The third-order valence-corrected chi connectivity index (χ3v) is 5.96. The highest BCUT2D eigenvalue weighted by Crippen LogP contribution is 2.22. The van der Waals surface area contributed by atoms with Crippen molar-refractivity contribution >= 4 is 41.3 Å². The van der Waals surface area contributed by atoms with Crippen molar-refractivity contribution in [2.75, 3.05) is 39.3 Å². The number of nitrogens with zero attached hydrogens (tertiary/aromatic N) is 2. The fraction of sp³-hybridized carbons (Fsp3) is 0.722. The summed E-state index contributed by atoms with van der Waals surface area (Å²) in [5.41, 5.74) is 0. The molecule has 3 heterocycles. The lowest BCUT2D eigenvalue weighted by molar-refractivity contribution is -0.0453. The lowest BCUT2D eigenvalue weighted by Gasteiger charge is -2.35. The Kier molecular flexibility index (Phi) is 8.95. The van der Waals surface area contributed by atoms with Crippen molar-refractivity contribution in [3.63, 3.8) is 0 Å². The van der Waals surface area contributed by atoms with E-state index in [0.29, 0.717) is 12.0 Å². The molecule has 1 aromatic heterocycles. The van der Waals surface area contributed by atoms with E-state index in [1.165, 1.54) is 24.3 Å². The minimum atomic E-state index is 0. The molecule has 7 heteroatoms. The van der Waals surface area contributed by atoms with E-state index in [2.05, 4.69) is 46.9 Å². The predicted molar refractivity (Wildman–Crippen MR) is 116 cm³/mol. The van der Waals surface area contributed by atoms with Crippen LogP contribution in [0.4, 0.5) is 0 Å². The van der Waals surface area contributed by atoms with Crippen molar-refractivity contribution in [3.8, 4) is 0 Å². The summed E-state index contributed by atoms with van der Waals surface area (Å²) in [6, 6.07) is 4.96. The molecule has 2 fully saturated rings. The van der Waals surface area contributed by atoms with E-state index < -0.39 is 0 Å². The Morgan fingerprint density at radius 3 is 3.12 bits per heavy atom. The Morgan fingerprint density at radius 2 is 2.36 bits per heavy atom. The van der Waals surface area contributed by atoms with Crippen molar-refractivity contribution in [2.45, 2.75) is 44.8 Å². The molecule has 0 spiro atoms. The number of guanidine groups is 1. The van der Waals surface area contributed by atoms with Gasteiger partial charge >= 0.3 is 0 Å². The Hall–Kier alpha value is -0.380. The minimum absolute atomic E-state index is 0. The molecule has 0 aliphatic carbocycles. The van der Waals surface area contributed by atoms with Gasteiger partial charge in [-0.1, -0.05) is 13.0 Å². The van der Waals surface area contributed by atoms with E-state index in [1.807, 2.05) is 0 Å². The number of morpholine rings is 1. The van der Waals surface area contributed by atoms with Crippen molar-refractivity contribution in [1.29, 1.82) is 0 Å². The van der Waals surface area contributed by atoms with Gasteiger partial charge in [0, 0.05) is 36.5 Å². The number of thiophene rings is 1. The molecule has 3 atom stereocenters. The Labute approximate surface area is 172 Å². The number of aliphatic imine (C=N–C) groups is 1. The molecule has 3 unspecified atom stereocenters. The fourth-order valence-electron chi connectivity index (χ4n) is 3.45.